The molecule has 0 unspecified atom stereocenters. The average Bonchev–Trinajstić information content (AvgIpc) is 2.65. The molecule has 2 rings (SSSR count). The van der Waals surface area contributed by atoms with Crippen LogP contribution in [0.2, 0.25) is 0 Å². The lowest BCUT2D eigenvalue weighted by Crippen LogP contribution is -2.40. The van der Waals surface area contributed by atoms with Gasteiger partial charge in [0.25, 0.3) is 5.69 Å². The van der Waals surface area contributed by atoms with E-state index in [0.29, 0.717) is 0 Å². The van der Waals surface area contributed by atoms with Gasteiger partial charge in [-0.05, 0) is 24.6 Å². The van der Waals surface area contributed by atoms with E-state index in [1.54, 1.807) is 6.92 Å². The van der Waals surface area contributed by atoms with E-state index in [9.17, 15) is 23.6 Å². The monoisotopic (exact) mass is 379 g/mol. The summed E-state index contributed by atoms with van der Waals surface area (Å²) in [6, 6.07) is 13.4. The van der Waals surface area contributed by atoms with Crippen molar-refractivity contribution in [1.29, 1.82) is 0 Å². The van der Waals surface area contributed by atoms with E-state index < -0.39 is 14.9 Å². The number of hydrogen-bond acceptors (Lipinski definition) is 6. The first-order valence-electron chi connectivity index (χ1n) is 7.99. The molecule has 0 amide bonds. The molecule has 0 fully saturated rings. The van der Waals surface area contributed by atoms with Crippen LogP contribution < -0.4 is 10.0 Å². The highest BCUT2D eigenvalue weighted by atomic mass is 32.2. The average molecular weight is 379 g/mol. The topological polar surface area (TPSA) is 122 Å². The molecular weight excluding hydrogens is 358 g/mol. The number of rotatable bonds is 9. The predicted octanol–water partition coefficient (Wildman–Crippen LogP) is 1.58. The molecule has 3 N–H and O–H groups in total. The van der Waals surface area contributed by atoms with Gasteiger partial charge in [0.2, 0.25) is 10.0 Å². The first-order valence-corrected chi connectivity index (χ1v) is 9.48. The van der Waals surface area contributed by atoms with Crippen molar-refractivity contribution in [2.75, 3.05) is 13.2 Å². The molecule has 26 heavy (non-hydrogen) atoms. The lowest BCUT2D eigenvalue weighted by molar-refractivity contribution is -0.384. The molecule has 0 aliphatic carbocycles. The third-order valence-corrected chi connectivity index (χ3v) is 5.24. The standard InChI is InChI=1S/C17H21N3O5S/c1-13(12-21)19-17(14-5-3-2-4-6-14)11-18-26(24,25)16-9-7-15(8-10-16)20(22)23/h2-10,13,17-19,21H,11-12H2,1H3/t13-,17+/m0/s1. The quantitative estimate of drug-likeness (QED) is 0.449. The fourth-order valence-electron chi connectivity index (χ4n) is 2.38. The maximum Gasteiger partial charge on any atom is 0.269 e. The van der Waals surface area contributed by atoms with Gasteiger partial charge in [-0.3, -0.25) is 10.1 Å². The summed E-state index contributed by atoms with van der Waals surface area (Å²) in [5, 5.41) is 23.1. The van der Waals surface area contributed by atoms with Crippen molar-refractivity contribution >= 4 is 15.7 Å². The van der Waals surface area contributed by atoms with E-state index in [4.69, 9.17) is 0 Å². The first-order chi connectivity index (χ1) is 12.3. The molecule has 140 valence electrons. The molecule has 2 atom stereocenters. The minimum atomic E-state index is -3.82. The highest BCUT2D eigenvalue weighted by Crippen LogP contribution is 2.17. The molecule has 0 spiro atoms. The number of benzene rings is 2. The summed E-state index contributed by atoms with van der Waals surface area (Å²) < 4.78 is 27.4. The zero-order valence-corrected chi connectivity index (χ0v) is 15.0. The van der Waals surface area contributed by atoms with Crippen molar-refractivity contribution < 1.29 is 18.4 Å². The minimum Gasteiger partial charge on any atom is -0.395 e. The van der Waals surface area contributed by atoms with Crippen molar-refractivity contribution in [2.45, 2.75) is 23.9 Å². The fraction of sp³-hybridized carbons (Fsp3) is 0.294. The lowest BCUT2D eigenvalue weighted by Gasteiger charge is -2.23. The Morgan fingerprint density at radius 1 is 1.12 bits per heavy atom. The van der Waals surface area contributed by atoms with E-state index in [2.05, 4.69) is 10.0 Å². The van der Waals surface area contributed by atoms with Crippen LogP contribution in [0.3, 0.4) is 0 Å². The maximum atomic E-state index is 12.4. The Bertz CT molecular complexity index is 825. The van der Waals surface area contributed by atoms with Crippen molar-refractivity contribution in [3.63, 3.8) is 0 Å². The number of non-ortho nitro benzene ring substituents is 1. The number of nitro benzene ring substituents is 1. The Morgan fingerprint density at radius 2 is 1.73 bits per heavy atom. The highest BCUT2D eigenvalue weighted by Gasteiger charge is 2.20. The number of aliphatic hydroxyl groups is 1. The summed E-state index contributed by atoms with van der Waals surface area (Å²) in [6.07, 6.45) is 0. The Balaban J connectivity index is 2.14. The molecular formula is C17H21N3O5S. The van der Waals surface area contributed by atoms with Gasteiger partial charge in [-0.1, -0.05) is 30.3 Å². The number of nitrogens with one attached hydrogen (secondary N) is 2. The van der Waals surface area contributed by atoms with Gasteiger partial charge >= 0.3 is 0 Å². The van der Waals surface area contributed by atoms with Gasteiger partial charge in [0, 0.05) is 30.8 Å². The van der Waals surface area contributed by atoms with Crippen LogP contribution in [0, 0.1) is 10.1 Å². The summed E-state index contributed by atoms with van der Waals surface area (Å²) in [6.45, 7) is 1.77. The number of nitrogens with zero attached hydrogens (tertiary/aromatic N) is 1. The third kappa shape index (κ3) is 5.33. The van der Waals surface area contributed by atoms with Gasteiger partial charge < -0.3 is 10.4 Å². The molecule has 0 bridgehead atoms. The van der Waals surface area contributed by atoms with Gasteiger partial charge in [-0.15, -0.1) is 0 Å². The van der Waals surface area contributed by atoms with Crippen LogP contribution in [0.5, 0.6) is 0 Å². The molecule has 2 aromatic rings. The van der Waals surface area contributed by atoms with E-state index in [1.165, 1.54) is 12.1 Å². The minimum absolute atomic E-state index is 0.0508. The van der Waals surface area contributed by atoms with E-state index >= 15 is 0 Å². The molecule has 9 heteroatoms. The van der Waals surface area contributed by atoms with Crippen LogP contribution in [0.15, 0.2) is 59.5 Å². The molecule has 2 aromatic carbocycles. The second-order valence-corrected chi connectivity index (χ2v) is 7.58. The number of nitro groups is 1. The molecule has 0 heterocycles. The molecule has 0 aliphatic heterocycles. The second-order valence-electron chi connectivity index (χ2n) is 5.82. The van der Waals surface area contributed by atoms with Crippen LogP contribution in [-0.4, -0.2) is 37.6 Å². The Kier molecular flexibility index (Phi) is 6.81. The molecule has 0 saturated carbocycles. The van der Waals surface area contributed by atoms with Crippen LogP contribution in [0.4, 0.5) is 5.69 Å². The fourth-order valence-corrected chi connectivity index (χ4v) is 3.43. The van der Waals surface area contributed by atoms with Crippen molar-refractivity contribution in [3.05, 3.63) is 70.3 Å². The van der Waals surface area contributed by atoms with Crippen molar-refractivity contribution in [3.8, 4) is 0 Å². The van der Waals surface area contributed by atoms with Crippen LogP contribution in [-0.2, 0) is 10.0 Å². The first kappa shape index (κ1) is 20.0. The lowest BCUT2D eigenvalue weighted by atomic mass is 10.1. The summed E-state index contributed by atoms with van der Waals surface area (Å²) in [4.78, 5) is 10.0. The number of sulfonamides is 1. The van der Waals surface area contributed by atoms with Gasteiger partial charge in [0.1, 0.15) is 0 Å². The van der Waals surface area contributed by atoms with Gasteiger partial charge in [-0.2, -0.15) is 0 Å². The summed E-state index contributed by atoms with van der Waals surface area (Å²) in [7, 11) is -3.82. The Morgan fingerprint density at radius 3 is 2.27 bits per heavy atom. The van der Waals surface area contributed by atoms with Gasteiger partial charge in [0.15, 0.2) is 0 Å². The summed E-state index contributed by atoms with van der Waals surface area (Å²) >= 11 is 0. The summed E-state index contributed by atoms with van der Waals surface area (Å²) in [5.41, 5.74) is 0.698. The SMILES string of the molecule is C[C@@H](CO)N[C@H](CNS(=O)(=O)c1ccc([N+](=O)[O-])cc1)c1ccccc1. The van der Waals surface area contributed by atoms with Crippen LogP contribution in [0.1, 0.15) is 18.5 Å². The molecule has 0 aromatic heterocycles. The zero-order chi connectivity index (χ0) is 19.2. The van der Waals surface area contributed by atoms with Crippen molar-refractivity contribution in [2.24, 2.45) is 0 Å². The predicted molar refractivity (Wildman–Crippen MR) is 97.2 cm³/mol. The Labute approximate surface area is 152 Å². The van der Waals surface area contributed by atoms with E-state index in [1.807, 2.05) is 30.3 Å². The van der Waals surface area contributed by atoms with Crippen LogP contribution >= 0.6 is 0 Å². The van der Waals surface area contributed by atoms with Crippen molar-refractivity contribution in [1.82, 2.24) is 10.0 Å². The largest absolute Gasteiger partial charge is 0.395 e. The summed E-state index contributed by atoms with van der Waals surface area (Å²) in [5.74, 6) is 0. The number of hydrogen-bond donors (Lipinski definition) is 3. The third-order valence-electron chi connectivity index (χ3n) is 3.80. The normalized spacial score (nSPS) is 13.9. The molecule has 0 saturated heterocycles. The van der Waals surface area contributed by atoms with Gasteiger partial charge in [-0.25, -0.2) is 13.1 Å². The van der Waals surface area contributed by atoms with Crippen LogP contribution in [0.25, 0.3) is 0 Å². The smallest absolute Gasteiger partial charge is 0.269 e. The molecule has 8 nitrogen and oxygen atoms in total. The maximum absolute atomic E-state index is 12.4. The van der Waals surface area contributed by atoms with E-state index in [-0.39, 0.29) is 35.8 Å². The number of aliphatic hydroxyl groups excluding tert-OH is 1. The second kappa shape index (κ2) is 8.86. The molecule has 0 radical (unpaired) electrons. The van der Waals surface area contributed by atoms with E-state index in [0.717, 1.165) is 17.7 Å². The molecule has 0 aliphatic rings. The Hall–Kier alpha value is -2.33. The van der Waals surface area contributed by atoms with Gasteiger partial charge in [0.05, 0.1) is 16.4 Å². The highest BCUT2D eigenvalue weighted by molar-refractivity contribution is 7.89. The zero-order valence-electron chi connectivity index (χ0n) is 14.2.